The van der Waals surface area contributed by atoms with Crippen LogP contribution in [0.1, 0.15) is 25.7 Å². The van der Waals surface area contributed by atoms with Gasteiger partial charge in [-0.15, -0.1) is 0 Å². The Morgan fingerprint density at radius 2 is 2.14 bits per heavy atom. The molecule has 0 spiro atoms. The SMILES string of the molecule is CN(C(=O)CN1CCCC(CCN)C1)C1CCS(=O)(=O)C1. The molecular weight excluding hydrogens is 290 g/mol. The Kier molecular flexibility index (Phi) is 5.62. The molecule has 0 saturated carbocycles. The highest BCUT2D eigenvalue weighted by Gasteiger charge is 2.33. The summed E-state index contributed by atoms with van der Waals surface area (Å²) in [6, 6.07) is -0.146. The van der Waals surface area contributed by atoms with Gasteiger partial charge in [-0.1, -0.05) is 0 Å². The van der Waals surface area contributed by atoms with E-state index >= 15 is 0 Å². The lowest BCUT2D eigenvalue weighted by molar-refractivity contribution is -0.133. The van der Waals surface area contributed by atoms with Crippen molar-refractivity contribution in [1.82, 2.24) is 9.80 Å². The van der Waals surface area contributed by atoms with Crippen molar-refractivity contribution in [2.45, 2.75) is 31.7 Å². The van der Waals surface area contributed by atoms with E-state index < -0.39 is 9.84 Å². The van der Waals surface area contributed by atoms with Crippen LogP contribution in [0.5, 0.6) is 0 Å². The van der Waals surface area contributed by atoms with Crippen molar-refractivity contribution in [3.63, 3.8) is 0 Å². The van der Waals surface area contributed by atoms with E-state index in [1.807, 2.05) is 0 Å². The molecular formula is C14H27N3O3S. The number of carbonyl (C=O) groups is 1. The Bertz CT molecular complexity index is 464. The first-order valence-electron chi connectivity index (χ1n) is 7.80. The molecule has 1 amide bonds. The van der Waals surface area contributed by atoms with Crippen molar-refractivity contribution < 1.29 is 13.2 Å². The summed E-state index contributed by atoms with van der Waals surface area (Å²) >= 11 is 0. The van der Waals surface area contributed by atoms with Gasteiger partial charge in [0.1, 0.15) is 0 Å². The number of sulfone groups is 1. The highest BCUT2D eigenvalue weighted by Crippen LogP contribution is 2.20. The molecule has 2 saturated heterocycles. The molecule has 21 heavy (non-hydrogen) atoms. The maximum atomic E-state index is 12.3. The van der Waals surface area contributed by atoms with Crippen molar-refractivity contribution in [3.8, 4) is 0 Å². The van der Waals surface area contributed by atoms with Gasteiger partial charge in [-0.05, 0) is 44.7 Å². The lowest BCUT2D eigenvalue weighted by Crippen LogP contribution is -2.46. The monoisotopic (exact) mass is 317 g/mol. The summed E-state index contributed by atoms with van der Waals surface area (Å²) in [6.45, 7) is 2.98. The fourth-order valence-corrected chi connectivity index (χ4v) is 5.13. The van der Waals surface area contributed by atoms with Crippen LogP contribution in [0.4, 0.5) is 0 Å². The van der Waals surface area contributed by atoms with Crippen molar-refractivity contribution >= 4 is 15.7 Å². The number of hydrogen-bond donors (Lipinski definition) is 1. The van der Waals surface area contributed by atoms with Gasteiger partial charge >= 0.3 is 0 Å². The van der Waals surface area contributed by atoms with Gasteiger partial charge in [0.15, 0.2) is 9.84 Å². The molecule has 0 aromatic rings. The number of nitrogens with two attached hydrogens (primary N) is 1. The Balaban J connectivity index is 1.83. The molecule has 2 aliphatic heterocycles. The number of carbonyl (C=O) groups excluding carboxylic acids is 1. The van der Waals surface area contributed by atoms with Gasteiger partial charge in [0, 0.05) is 19.6 Å². The molecule has 7 heteroatoms. The normalized spacial score (nSPS) is 29.4. The van der Waals surface area contributed by atoms with Gasteiger partial charge in [-0.3, -0.25) is 9.69 Å². The van der Waals surface area contributed by atoms with E-state index in [0.29, 0.717) is 25.4 Å². The first-order chi connectivity index (χ1) is 9.91. The summed E-state index contributed by atoms with van der Waals surface area (Å²) in [5, 5.41) is 0. The zero-order valence-corrected chi connectivity index (χ0v) is 13.6. The van der Waals surface area contributed by atoms with Crippen LogP contribution in [-0.4, -0.2) is 74.9 Å². The Labute approximate surface area is 127 Å². The van der Waals surface area contributed by atoms with Gasteiger partial charge in [0.2, 0.25) is 5.91 Å². The fourth-order valence-electron chi connectivity index (χ4n) is 3.35. The van der Waals surface area contributed by atoms with Crippen LogP contribution in [0.15, 0.2) is 0 Å². The van der Waals surface area contributed by atoms with Crippen LogP contribution in [0.25, 0.3) is 0 Å². The smallest absolute Gasteiger partial charge is 0.236 e. The second-order valence-electron chi connectivity index (χ2n) is 6.38. The van der Waals surface area contributed by atoms with Gasteiger partial charge in [-0.25, -0.2) is 8.42 Å². The van der Waals surface area contributed by atoms with Crippen LogP contribution in [0, 0.1) is 5.92 Å². The van der Waals surface area contributed by atoms with Crippen molar-refractivity contribution in [3.05, 3.63) is 0 Å². The minimum atomic E-state index is -2.94. The Morgan fingerprint density at radius 3 is 2.76 bits per heavy atom. The highest BCUT2D eigenvalue weighted by atomic mass is 32.2. The topological polar surface area (TPSA) is 83.7 Å². The third-order valence-corrected chi connectivity index (χ3v) is 6.44. The van der Waals surface area contributed by atoms with E-state index in [0.717, 1.165) is 25.9 Å². The summed E-state index contributed by atoms with van der Waals surface area (Å²) < 4.78 is 23.0. The summed E-state index contributed by atoms with van der Waals surface area (Å²) in [5.74, 6) is 0.946. The lowest BCUT2D eigenvalue weighted by atomic mass is 9.95. The van der Waals surface area contributed by atoms with Crippen LogP contribution in [0.2, 0.25) is 0 Å². The molecule has 0 aliphatic carbocycles. The molecule has 0 aromatic heterocycles. The minimum Gasteiger partial charge on any atom is -0.341 e. The van der Waals surface area contributed by atoms with Gasteiger partial charge < -0.3 is 10.6 Å². The third-order valence-electron chi connectivity index (χ3n) is 4.69. The van der Waals surface area contributed by atoms with Crippen LogP contribution in [0.3, 0.4) is 0 Å². The highest BCUT2D eigenvalue weighted by molar-refractivity contribution is 7.91. The quantitative estimate of drug-likeness (QED) is 0.752. The van der Waals surface area contributed by atoms with E-state index in [1.54, 1.807) is 11.9 Å². The largest absolute Gasteiger partial charge is 0.341 e. The van der Waals surface area contributed by atoms with Crippen molar-refractivity contribution in [1.29, 1.82) is 0 Å². The van der Waals surface area contributed by atoms with E-state index in [4.69, 9.17) is 5.73 Å². The molecule has 122 valence electrons. The van der Waals surface area contributed by atoms with Crippen LogP contribution < -0.4 is 5.73 Å². The molecule has 0 bridgehead atoms. The van der Waals surface area contributed by atoms with E-state index in [-0.39, 0.29) is 23.5 Å². The first-order valence-corrected chi connectivity index (χ1v) is 9.62. The van der Waals surface area contributed by atoms with E-state index in [1.165, 1.54) is 6.42 Å². The second-order valence-corrected chi connectivity index (χ2v) is 8.61. The minimum absolute atomic E-state index is 0.0329. The van der Waals surface area contributed by atoms with Gasteiger partial charge in [-0.2, -0.15) is 0 Å². The molecule has 6 nitrogen and oxygen atoms in total. The molecule has 0 radical (unpaired) electrons. The third kappa shape index (κ3) is 4.66. The Hall–Kier alpha value is -0.660. The van der Waals surface area contributed by atoms with Gasteiger partial charge in [0.05, 0.1) is 18.1 Å². The van der Waals surface area contributed by atoms with Crippen LogP contribution >= 0.6 is 0 Å². The van der Waals surface area contributed by atoms with Crippen molar-refractivity contribution in [2.24, 2.45) is 11.7 Å². The predicted molar refractivity (Wildman–Crippen MR) is 82.7 cm³/mol. The van der Waals surface area contributed by atoms with Gasteiger partial charge in [0.25, 0.3) is 0 Å². The van der Waals surface area contributed by atoms with E-state index in [9.17, 15) is 13.2 Å². The standard InChI is InChI=1S/C14H27N3O3S/c1-16(13-5-8-21(19,20)11-13)14(18)10-17-7-2-3-12(9-17)4-6-15/h12-13H,2-11,15H2,1H3. The summed E-state index contributed by atoms with van der Waals surface area (Å²) in [6.07, 6.45) is 3.89. The summed E-state index contributed by atoms with van der Waals surface area (Å²) in [7, 11) is -1.21. The molecule has 2 fully saturated rings. The number of hydrogen-bond acceptors (Lipinski definition) is 5. The molecule has 2 heterocycles. The van der Waals surface area contributed by atoms with Crippen LogP contribution in [-0.2, 0) is 14.6 Å². The average Bonchev–Trinajstić information content (AvgIpc) is 2.79. The summed E-state index contributed by atoms with van der Waals surface area (Å²) in [4.78, 5) is 16.2. The number of amides is 1. The molecule has 2 unspecified atom stereocenters. The number of nitrogens with zero attached hydrogens (tertiary/aromatic N) is 2. The summed E-state index contributed by atoms with van der Waals surface area (Å²) in [5.41, 5.74) is 5.61. The maximum Gasteiger partial charge on any atom is 0.236 e. The predicted octanol–water partition coefficient (Wildman–Crippen LogP) is -0.307. The first kappa shape index (κ1) is 16.7. The number of likely N-dealkylation sites (tertiary alicyclic amines) is 1. The lowest BCUT2D eigenvalue weighted by Gasteiger charge is -2.34. The number of rotatable bonds is 5. The molecule has 2 rings (SSSR count). The van der Waals surface area contributed by atoms with Crippen molar-refractivity contribution in [2.75, 3.05) is 44.7 Å². The second kappa shape index (κ2) is 7.07. The fraction of sp³-hybridized carbons (Fsp3) is 0.929. The average molecular weight is 317 g/mol. The zero-order valence-electron chi connectivity index (χ0n) is 12.8. The molecule has 2 atom stereocenters. The number of likely N-dealkylation sites (N-methyl/N-ethyl adjacent to an activating group) is 1. The maximum absolute atomic E-state index is 12.3. The zero-order chi connectivity index (χ0) is 15.5. The number of piperidine rings is 1. The molecule has 0 aromatic carbocycles. The molecule has 2 N–H and O–H groups in total. The molecule has 2 aliphatic rings. The Morgan fingerprint density at radius 1 is 1.38 bits per heavy atom. The van der Waals surface area contributed by atoms with E-state index in [2.05, 4.69) is 4.90 Å².